The van der Waals surface area contributed by atoms with E-state index in [2.05, 4.69) is 31.2 Å². The lowest BCUT2D eigenvalue weighted by molar-refractivity contribution is -0.952. The molecule has 0 amide bonds. The zero-order valence-corrected chi connectivity index (χ0v) is 19.2. The molecule has 2 unspecified atom stereocenters. The monoisotopic (exact) mass is 422 g/mol. The number of methoxy groups -OCH3 is 4. The van der Waals surface area contributed by atoms with E-state index in [-0.39, 0.29) is 0 Å². The van der Waals surface area contributed by atoms with Crippen molar-refractivity contribution in [3.8, 4) is 23.0 Å². The number of nitrogens with zero attached hydrogens (tertiary/aromatic N) is 1. The Morgan fingerprint density at radius 3 is 1.71 bits per heavy atom. The Labute approximate surface area is 184 Å². The van der Waals surface area contributed by atoms with E-state index in [0.717, 1.165) is 36.0 Å². The van der Waals surface area contributed by atoms with Crippen molar-refractivity contribution < 1.29 is 23.4 Å². The quantitative estimate of drug-likeness (QED) is 0.424. The molecule has 0 N–H and O–H groups in total. The Morgan fingerprint density at radius 2 is 1.23 bits per heavy atom. The number of benzene rings is 3. The number of ether oxygens (including phenoxy) is 4. The zero-order chi connectivity index (χ0) is 21.8. The molecule has 1 fully saturated rings. The number of quaternary nitrogens is 1. The third-order valence-electron chi connectivity index (χ3n) is 7.81. The number of hydrogen-bond donors (Lipinski definition) is 0. The molecule has 2 heterocycles. The van der Waals surface area contributed by atoms with Crippen molar-refractivity contribution in [2.24, 2.45) is 0 Å². The molecule has 2 aliphatic rings. The van der Waals surface area contributed by atoms with Crippen LogP contribution in [0.1, 0.15) is 30.9 Å². The summed E-state index contributed by atoms with van der Waals surface area (Å²) >= 11 is 0. The van der Waals surface area contributed by atoms with Gasteiger partial charge >= 0.3 is 0 Å². The second-order valence-electron chi connectivity index (χ2n) is 8.88. The zero-order valence-electron chi connectivity index (χ0n) is 19.2. The predicted octanol–water partition coefficient (Wildman–Crippen LogP) is 5.08. The highest BCUT2D eigenvalue weighted by molar-refractivity contribution is 6.12. The van der Waals surface area contributed by atoms with Gasteiger partial charge in [-0.1, -0.05) is 0 Å². The molecule has 2 atom stereocenters. The second kappa shape index (κ2) is 7.49. The number of hydrogen-bond acceptors (Lipinski definition) is 4. The van der Waals surface area contributed by atoms with Crippen LogP contribution in [0.2, 0.25) is 0 Å². The maximum absolute atomic E-state index is 5.69. The minimum atomic E-state index is 0.700. The molecule has 0 spiro atoms. The Morgan fingerprint density at radius 1 is 0.742 bits per heavy atom. The second-order valence-corrected chi connectivity index (χ2v) is 8.88. The van der Waals surface area contributed by atoms with Gasteiger partial charge in [-0.2, -0.15) is 0 Å². The van der Waals surface area contributed by atoms with Crippen LogP contribution in [0.4, 0.5) is 0 Å². The smallest absolute Gasteiger partial charge is 0.161 e. The number of likely N-dealkylation sites (N-methyl/N-ethyl adjacent to an activating group) is 1. The molecule has 5 rings (SSSR count). The average Bonchev–Trinajstić information content (AvgIpc) is 3.24. The van der Waals surface area contributed by atoms with Crippen molar-refractivity contribution in [2.45, 2.75) is 38.8 Å². The SMILES string of the molecule is CC[N+]12CCCC1Cc1c(c3cc(OC)c(OC)cc3c3cc(OC)c(OC)cc13)C2. The maximum atomic E-state index is 5.69. The van der Waals surface area contributed by atoms with Gasteiger partial charge in [-0.25, -0.2) is 0 Å². The van der Waals surface area contributed by atoms with Crippen molar-refractivity contribution in [1.82, 2.24) is 0 Å². The Hall–Kier alpha value is -2.66. The first-order chi connectivity index (χ1) is 15.1. The first-order valence-electron chi connectivity index (χ1n) is 11.2. The van der Waals surface area contributed by atoms with E-state index >= 15 is 0 Å². The van der Waals surface area contributed by atoms with Crippen LogP contribution in [0.3, 0.4) is 0 Å². The van der Waals surface area contributed by atoms with Gasteiger partial charge in [0.15, 0.2) is 23.0 Å². The van der Waals surface area contributed by atoms with Gasteiger partial charge in [-0.05, 0) is 58.3 Å². The fraction of sp³-hybridized carbons (Fsp3) is 0.462. The van der Waals surface area contributed by atoms with Crippen molar-refractivity contribution in [1.29, 1.82) is 0 Å². The molecule has 3 aromatic rings. The van der Waals surface area contributed by atoms with Gasteiger partial charge in [-0.3, -0.25) is 0 Å². The van der Waals surface area contributed by atoms with Crippen LogP contribution in [0.5, 0.6) is 23.0 Å². The topological polar surface area (TPSA) is 36.9 Å². The number of fused-ring (bicyclic) bond motifs is 7. The van der Waals surface area contributed by atoms with E-state index in [1.165, 1.54) is 63.1 Å². The highest BCUT2D eigenvalue weighted by atomic mass is 16.5. The molecule has 5 nitrogen and oxygen atoms in total. The van der Waals surface area contributed by atoms with Gasteiger partial charge in [0.25, 0.3) is 0 Å². The van der Waals surface area contributed by atoms with Gasteiger partial charge in [0.05, 0.1) is 47.6 Å². The molecule has 3 aromatic carbocycles. The third kappa shape index (κ3) is 2.86. The molecule has 0 saturated carbocycles. The Balaban J connectivity index is 1.91. The third-order valence-corrected chi connectivity index (χ3v) is 7.81. The summed E-state index contributed by atoms with van der Waals surface area (Å²) in [6.07, 6.45) is 3.74. The first-order valence-corrected chi connectivity index (χ1v) is 11.2. The van der Waals surface area contributed by atoms with E-state index in [1.807, 2.05) is 0 Å². The highest BCUT2D eigenvalue weighted by Gasteiger charge is 2.45. The summed E-state index contributed by atoms with van der Waals surface area (Å²) in [6.45, 7) is 5.89. The molecule has 0 radical (unpaired) electrons. The summed E-state index contributed by atoms with van der Waals surface area (Å²) in [5, 5.41) is 4.90. The summed E-state index contributed by atoms with van der Waals surface area (Å²) in [7, 11) is 6.81. The van der Waals surface area contributed by atoms with E-state index in [0.29, 0.717) is 6.04 Å². The number of rotatable bonds is 5. The van der Waals surface area contributed by atoms with Gasteiger partial charge in [0.1, 0.15) is 6.54 Å². The normalized spacial score (nSPS) is 22.3. The van der Waals surface area contributed by atoms with E-state index in [9.17, 15) is 0 Å². The molecule has 5 heteroatoms. The molecular formula is C26H32NO4+. The highest BCUT2D eigenvalue weighted by Crippen LogP contribution is 2.48. The fourth-order valence-corrected chi connectivity index (χ4v) is 6.12. The Kier molecular flexibility index (Phi) is 4.89. The van der Waals surface area contributed by atoms with Gasteiger partial charge < -0.3 is 23.4 Å². The van der Waals surface area contributed by atoms with Crippen LogP contribution in [-0.4, -0.2) is 52.1 Å². The van der Waals surface area contributed by atoms with E-state index in [1.54, 1.807) is 28.4 Å². The van der Waals surface area contributed by atoms with Crippen LogP contribution in [0.15, 0.2) is 24.3 Å². The summed E-state index contributed by atoms with van der Waals surface area (Å²) in [6, 6.07) is 9.28. The maximum Gasteiger partial charge on any atom is 0.161 e. The minimum absolute atomic E-state index is 0.700. The molecule has 0 aromatic heterocycles. The van der Waals surface area contributed by atoms with E-state index < -0.39 is 0 Å². The summed E-state index contributed by atoms with van der Waals surface area (Å²) in [4.78, 5) is 0. The van der Waals surface area contributed by atoms with Crippen LogP contribution < -0.4 is 18.9 Å². The lowest BCUT2D eigenvalue weighted by Gasteiger charge is -2.44. The molecule has 0 aliphatic carbocycles. The van der Waals surface area contributed by atoms with Gasteiger partial charge in [0.2, 0.25) is 0 Å². The first kappa shape index (κ1) is 20.3. The van der Waals surface area contributed by atoms with Crippen molar-refractivity contribution >= 4 is 21.5 Å². The molecular weight excluding hydrogens is 390 g/mol. The largest absolute Gasteiger partial charge is 0.493 e. The Bertz CT molecular complexity index is 1170. The van der Waals surface area contributed by atoms with Crippen LogP contribution >= 0.6 is 0 Å². The summed E-state index contributed by atoms with van der Waals surface area (Å²) in [5.74, 6) is 3.07. The fourth-order valence-electron chi connectivity index (χ4n) is 6.12. The molecule has 2 aliphatic heterocycles. The lowest BCUT2D eigenvalue weighted by Crippen LogP contribution is -2.54. The average molecular weight is 423 g/mol. The van der Waals surface area contributed by atoms with Crippen molar-refractivity contribution in [2.75, 3.05) is 41.5 Å². The molecule has 1 saturated heterocycles. The van der Waals surface area contributed by atoms with Crippen molar-refractivity contribution in [3.63, 3.8) is 0 Å². The van der Waals surface area contributed by atoms with Crippen LogP contribution in [0, 0.1) is 0 Å². The summed E-state index contributed by atoms with van der Waals surface area (Å²) in [5.41, 5.74) is 2.92. The van der Waals surface area contributed by atoms with Gasteiger partial charge in [0, 0.05) is 24.8 Å². The van der Waals surface area contributed by atoms with Crippen molar-refractivity contribution in [3.05, 3.63) is 35.4 Å². The van der Waals surface area contributed by atoms with Crippen LogP contribution in [0.25, 0.3) is 21.5 Å². The van der Waals surface area contributed by atoms with E-state index in [4.69, 9.17) is 18.9 Å². The molecule has 164 valence electrons. The van der Waals surface area contributed by atoms with Crippen LogP contribution in [-0.2, 0) is 13.0 Å². The van der Waals surface area contributed by atoms with Gasteiger partial charge in [-0.15, -0.1) is 0 Å². The summed E-state index contributed by atoms with van der Waals surface area (Å²) < 4.78 is 23.9. The lowest BCUT2D eigenvalue weighted by atomic mass is 9.83. The standard InChI is InChI=1S/C26H32NO4/c1-6-27-9-7-8-16(27)10-17-18-11-23(28-2)24(29-3)12-19(18)20-13-25(30-4)26(31-5)14-21(20)22(17)15-27/h11-14,16H,6-10,15H2,1-5H3/q+1. The molecule has 0 bridgehead atoms. The predicted molar refractivity (Wildman–Crippen MR) is 124 cm³/mol. The minimum Gasteiger partial charge on any atom is -0.493 e. The molecule has 31 heavy (non-hydrogen) atoms.